The van der Waals surface area contributed by atoms with E-state index in [-0.39, 0.29) is 11.3 Å². The molecule has 0 aromatic heterocycles. The van der Waals surface area contributed by atoms with E-state index in [0.717, 1.165) is 68.9 Å². The molecule has 10 nitrogen and oxygen atoms in total. The molecule has 0 saturated heterocycles. The molecule has 47 heavy (non-hydrogen) atoms. The predicted molar refractivity (Wildman–Crippen MR) is 179 cm³/mol. The minimum absolute atomic E-state index is 0.145. The quantitative estimate of drug-likeness (QED) is 0.0550. The maximum absolute atomic E-state index is 11.8. The summed E-state index contributed by atoms with van der Waals surface area (Å²) in [5.41, 5.74) is 5.05. The van der Waals surface area contributed by atoms with Crippen molar-refractivity contribution in [1.82, 2.24) is 0 Å². The number of carboxylic acid groups (broad SMARTS) is 1. The Bertz CT molecular complexity index is 1910. The number of allylic oxidation sites excluding steroid dienone is 4. The lowest BCUT2D eigenvalue weighted by molar-refractivity contribution is -0.777. The first-order valence-electron chi connectivity index (χ1n) is 15.6. The first-order valence-corrected chi connectivity index (χ1v) is 17.7. The van der Waals surface area contributed by atoms with Crippen molar-refractivity contribution < 1.29 is 42.1 Å². The van der Waals surface area contributed by atoms with Crippen molar-refractivity contribution in [3.63, 3.8) is 0 Å². The van der Waals surface area contributed by atoms with Crippen LogP contribution in [0.5, 0.6) is 0 Å². The highest BCUT2D eigenvalue weighted by Crippen LogP contribution is 2.49. The van der Waals surface area contributed by atoms with Crippen molar-refractivity contribution >= 4 is 56.0 Å². The molecule has 2 heterocycles. The van der Waals surface area contributed by atoms with Gasteiger partial charge >= 0.3 is 5.97 Å². The molecule has 0 amide bonds. The largest absolute Gasteiger partial charge is 0.744 e. The van der Waals surface area contributed by atoms with Crippen LogP contribution in [-0.2, 0) is 35.1 Å². The molecule has 0 atom stereocenters. The molecule has 5 rings (SSSR count). The fourth-order valence-corrected chi connectivity index (χ4v) is 7.92. The monoisotopic (exact) mass is 679 g/mol. The first kappa shape index (κ1) is 34.8. The summed E-state index contributed by atoms with van der Waals surface area (Å²) < 4.78 is 42.3. The fourth-order valence-electron chi connectivity index (χ4n) is 7.02. The third-order valence-corrected chi connectivity index (χ3v) is 10.6. The summed E-state index contributed by atoms with van der Waals surface area (Å²) in [6.07, 6.45) is 8.58. The predicted octanol–water partition coefficient (Wildman–Crippen LogP) is 6.25. The van der Waals surface area contributed by atoms with Crippen molar-refractivity contribution in [1.29, 1.82) is 0 Å². The molecule has 0 unspecified atom stereocenters. The van der Waals surface area contributed by atoms with Gasteiger partial charge < -0.3 is 19.8 Å². The molecular formula is C35H39N2O8S2-. The van der Waals surface area contributed by atoms with Crippen LogP contribution in [0.1, 0.15) is 71.4 Å². The van der Waals surface area contributed by atoms with Gasteiger partial charge in [0.15, 0.2) is 5.71 Å². The molecule has 0 bridgehead atoms. The number of rotatable bonds is 13. The molecule has 2 aliphatic heterocycles. The lowest BCUT2D eigenvalue weighted by Crippen LogP contribution is -2.28. The topological polar surface area (TPSA) is 142 Å². The molecule has 12 heteroatoms. The summed E-state index contributed by atoms with van der Waals surface area (Å²) in [6.45, 7) is 11.9. The molecule has 0 saturated carbocycles. The zero-order valence-corrected chi connectivity index (χ0v) is 28.7. The maximum Gasteiger partial charge on any atom is 0.303 e. The molecule has 0 radical (unpaired) electrons. The number of nitrogens with zero attached hydrogens (tertiary/aromatic N) is 2. The van der Waals surface area contributed by atoms with Crippen LogP contribution in [0.3, 0.4) is 0 Å². The zero-order valence-electron chi connectivity index (χ0n) is 27.1. The minimum atomic E-state index is -4.59. The van der Waals surface area contributed by atoms with Crippen LogP contribution in [0.25, 0.3) is 10.8 Å². The Morgan fingerprint density at radius 2 is 1.81 bits per heavy atom. The van der Waals surface area contributed by atoms with E-state index < -0.39 is 26.9 Å². The van der Waals surface area contributed by atoms with Gasteiger partial charge in [0.1, 0.15) is 16.7 Å². The second-order valence-electron chi connectivity index (χ2n) is 12.8. The van der Waals surface area contributed by atoms with Crippen LogP contribution in [0, 0.1) is 0 Å². The molecule has 1 N–H and O–H groups in total. The van der Waals surface area contributed by atoms with E-state index in [4.69, 9.17) is 5.11 Å². The van der Waals surface area contributed by atoms with Gasteiger partial charge in [0.05, 0.1) is 22.4 Å². The number of anilines is 1. The molecule has 0 fully saturated rings. The standard InChI is InChI=1S/C35H40N2O8S2/c1-6-36-28-19-16-25(47(41,42)43)22-27(28)34(2,3)30(36)11-10-12-31-35(4,5)33-26-17-15-24(46-45-44-40)21-23(26)14-18-29(33)37(31)20-9-7-8-13-32(38)39/h10-12,14-19,21-22H,6-9,13,20H2,1-5H3,(H2-,38,39,40,41,42,43)/p-1. The van der Waals surface area contributed by atoms with Gasteiger partial charge in [-0.05, 0) is 92.4 Å². The van der Waals surface area contributed by atoms with E-state index in [1.54, 1.807) is 6.07 Å². The number of hydrogen-bond acceptors (Lipinski definition) is 9. The highest BCUT2D eigenvalue weighted by molar-refractivity contribution is 7.94. The second-order valence-corrected chi connectivity index (χ2v) is 15.0. The number of carbonyl (C=O) groups is 1. The van der Waals surface area contributed by atoms with E-state index >= 15 is 0 Å². The number of carboxylic acids is 1. The SMILES string of the molecule is CCN1C(=C/C=C/C2=[N+](CCCCCC(=O)O)c3ccc4cc(SOO[O-])ccc4c3C2(C)C)C(C)(C)c2cc(S(=O)(=O)[O-])ccc21. The van der Waals surface area contributed by atoms with Crippen LogP contribution >= 0.6 is 12.0 Å². The summed E-state index contributed by atoms with van der Waals surface area (Å²) in [5.74, 6) is -0.791. The fraction of sp³-hybridized carbons (Fsp3) is 0.371. The summed E-state index contributed by atoms with van der Waals surface area (Å²) in [6, 6.07) is 14.6. The average Bonchev–Trinajstić information content (AvgIpc) is 3.37. The van der Waals surface area contributed by atoms with Gasteiger partial charge in [-0.3, -0.25) is 9.83 Å². The highest BCUT2D eigenvalue weighted by atomic mass is 32.2. The third-order valence-electron chi connectivity index (χ3n) is 9.22. The summed E-state index contributed by atoms with van der Waals surface area (Å²) >= 11 is 0.850. The first-order chi connectivity index (χ1) is 22.2. The van der Waals surface area contributed by atoms with Gasteiger partial charge in [-0.1, -0.05) is 26.0 Å². The van der Waals surface area contributed by atoms with E-state index in [1.807, 2.05) is 51.1 Å². The Morgan fingerprint density at radius 3 is 2.49 bits per heavy atom. The average molecular weight is 680 g/mol. The number of benzene rings is 3. The van der Waals surface area contributed by atoms with Gasteiger partial charge in [0.25, 0.3) is 0 Å². The minimum Gasteiger partial charge on any atom is -0.744 e. The summed E-state index contributed by atoms with van der Waals surface area (Å²) in [4.78, 5) is 13.7. The smallest absolute Gasteiger partial charge is 0.303 e. The molecule has 0 spiro atoms. The van der Waals surface area contributed by atoms with Crippen molar-refractivity contribution in [3.8, 4) is 0 Å². The molecular weight excluding hydrogens is 641 g/mol. The number of aliphatic carboxylic acids is 1. The van der Waals surface area contributed by atoms with Gasteiger partial charge in [0.2, 0.25) is 5.69 Å². The summed E-state index contributed by atoms with van der Waals surface area (Å²) in [7, 11) is -4.59. The van der Waals surface area contributed by atoms with Crippen LogP contribution in [0.15, 0.2) is 82.2 Å². The number of unbranched alkanes of at least 4 members (excludes halogenated alkanes) is 2. The van der Waals surface area contributed by atoms with Crippen LogP contribution in [0.2, 0.25) is 0 Å². The molecule has 2 aliphatic rings. The number of fused-ring (bicyclic) bond motifs is 4. The Labute approximate surface area is 279 Å². The van der Waals surface area contributed by atoms with Gasteiger partial charge in [0, 0.05) is 58.8 Å². The summed E-state index contributed by atoms with van der Waals surface area (Å²) in [5, 5.41) is 25.0. The number of likely N-dealkylation sites (N-methyl/N-ethyl adjacent to an activating group) is 1. The van der Waals surface area contributed by atoms with Crippen LogP contribution in [-0.4, -0.2) is 47.4 Å². The Kier molecular flexibility index (Phi) is 10.0. The Morgan fingerprint density at radius 1 is 1.04 bits per heavy atom. The molecule has 0 aliphatic carbocycles. The van der Waals surface area contributed by atoms with Crippen LogP contribution in [0.4, 0.5) is 11.4 Å². The number of hydrogen-bond donors (Lipinski definition) is 1. The van der Waals surface area contributed by atoms with Crippen molar-refractivity contribution in [3.05, 3.63) is 83.6 Å². The van der Waals surface area contributed by atoms with E-state index in [0.29, 0.717) is 19.5 Å². The normalized spacial score (nSPS) is 17.7. The Hall–Kier alpha value is -3.52. The Balaban J connectivity index is 1.55. The van der Waals surface area contributed by atoms with E-state index in [1.165, 1.54) is 17.7 Å². The lowest BCUT2D eigenvalue weighted by Gasteiger charge is -2.26. The zero-order chi connectivity index (χ0) is 34.1. The van der Waals surface area contributed by atoms with Gasteiger partial charge in [-0.15, -0.1) is 0 Å². The highest BCUT2D eigenvalue weighted by Gasteiger charge is 2.45. The van der Waals surface area contributed by atoms with Crippen molar-refractivity contribution in [2.75, 3.05) is 18.0 Å². The second kappa shape index (κ2) is 13.5. The molecule has 3 aromatic carbocycles. The molecule has 3 aromatic rings. The lowest BCUT2D eigenvalue weighted by atomic mass is 9.79. The van der Waals surface area contributed by atoms with Crippen LogP contribution < -0.4 is 10.2 Å². The van der Waals surface area contributed by atoms with Crippen molar-refractivity contribution in [2.45, 2.75) is 80.9 Å². The maximum atomic E-state index is 11.8. The van der Waals surface area contributed by atoms with Gasteiger partial charge in [-0.25, -0.2) is 8.42 Å². The third kappa shape index (κ3) is 6.76. The van der Waals surface area contributed by atoms with E-state index in [9.17, 15) is 23.0 Å². The van der Waals surface area contributed by atoms with Crippen molar-refractivity contribution in [2.24, 2.45) is 0 Å². The molecule has 250 valence electrons. The van der Waals surface area contributed by atoms with E-state index in [2.05, 4.69) is 50.9 Å². The van der Waals surface area contributed by atoms with Gasteiger partial charge in [-0.2, -0.15) is 8.91 Å².